The summed E-state index contributed by atoms with van der Waals surface area (Å²) in [4.78, 5) is 36.5. The normalized spacial score (nSPS) is 17.7. The lowest BCUT2D eigenvalue weighted by Crippen LogP contribution is -2.53. The molecule has 2 amide bonds. The molecule has 0 unspecified atom stereocenters. The van der Waals surface area contributed by atoms with Gasteiger partial charge in [0.15, 0.2) is 0 Å². The minimum Gasteiger partial charge on any atom is -0.465 e. The van der Waals surface area contributed by atoms with E-state index in [4.69, 9.17) is 4.74 Å². The largest absolute Gasteiger partial charge is 0.465 e. The highest BCUT2D eigenvalue weighted by atomic mass is 32.1. The molecule has 2 rings (SSSR count). The van der Waals surface area contributed by atoms with E-state index in [1.54, 1.807) is 6.07 Å². The SMILES string of the molecule is CCc1cc(C(=O)OC)c(NC(=O)C[C@@H]2NCCNC2=O)s1. The number of thiophene rings is 1. The molecule has 1 aliphatic rings. The zero-order chi connectivity index (χ0) is 16.1. The van der Waals surface area contributed by atoms with Crippen molar-refractivity contribution in [2.24, 2.45) is 0 Å². The number of methoxy groups -OCH3 is 1. The average Bonchev–Trinajstić information content (AvgIpc) is 2.91. The number of rotatable bonds is 5. The summed E-state index contributed by atoms with van der Waals surface area (Å²) in [5, 5.41) is 8.86. The van der Waals surface area contributed by atoms with Crippen LogP contribution < -0.4 is 16.0 Å². The third-order valence-corrected chi connectivity index (χ3v) is 4.51. The molecule has 0 saturated carbocycles. The van der Waals surface area contributed by atoms with Crippen molar-refractivity contribution in [3.05, 3.63) is 16.5 Å². The Kier molecular flexibility index (Phi) is 5.51. The second-order valence-corrected chi connectivity index (χ2v) is 5.99. The second-order valence-electron chi connectivity index (χ2n) is 4.85. The summed E-state index contributed by atoms with van der Waals surface area (Å²) in [5.74, 6) is -0.987. The lowest BCUT2D eigenvalue weighted by molar-refractivity contribution is -0.127. The predicted molar refractivity (Wildman–Crippen MR) is 83.1 cm³/mol. The lowest BCUT2D eigenvalue weighted by atomic mass is 10.1. The van der Waals surface area contributed by atoms with Gasteiger partial charge in [-0.3, -0.25) is 9.59 Å². The third kappa shape index (κ3) is 3.83. The van der Waals surface area contributed by atoms with Crippen molar-refractivity contribution in [1.29, 1.82) is 0 Å². The van der Waals surface area contributed by atoms with E-state index in [0.717, 1.165) is 11.3 Å². The van der Waals surface area contributed by atoms with Crippen LogP contribution in [0.15, 0.2) is 6.07 Å². The predicted octanol–water partition coefficient (Wildman–Crippen LogP) is 0.514. The van der Waals surface area contributed by atoms with E-state index in [1.165, 1.54) is 18.4 Å². The zero-order valence-electron chi connectivity index (χ0n) is 12.5. The molecule has 1 aromatic heterocycles. The van der Waals surface area contributed by atoms with Gasteiger partial charge in [0.25, 0.3) is 0 Å². The van der Waals surface area contributed by atoms with Gasteiger partial charge >= 0.3 is 5.97 Å². The molecule has 3 N–H and O–H groups in total. The Balaban J connectivity index is 2.05. The summed E-state index contributed by atoms with van der Waals surface area (Å²) in [6.45, 7) is 3.17. The van der Waals surface area contributed by atoms with Gasteiger partial charge in [-0.15, -0.1) is 11.3 Å². The summed E-state index contributed by atoms with van der Waals surface area (Å²) in [7, 11) is 1.30. The summed E-state index contributed by atoms with van der Waals surface area (Å²) < 4.78 is 4.72. The zero-order valence-corrected chi connectivity index (χ0v) is 13.3. The quantitative estimate of drug-likeness (QED) is 0.686. The highest BCUT2D eigenvalue weighted by molar-refractivity contribution is 7.16. The second kappa shape index (κ2) is 7.37. The van der Waals surface area contributed by atoms with Crippen LogP contribution in [0.25, 0.3) is 0 Å². The summed E-state index contributed by atoms with van der Waals surface area (Å²) >= 11 is 1.34. The standard InChI is InChI=1S/C14H19N3O4S/c1-3-8-6-9(14(20)21-2)13(22-8)17-11(18)7-10-12(19)16-5-4-15-10/h6,10,15H,3-5,7H2,1-2H3,(H,16,19)(H,17,18)/t10-/m0/s1. The topological polar surface area (TPSA) is 96.5 Å². The van der Waals surface area contributed by atoms with Gasteiger partial charge in [-0.25, -0.2) is 4.79 Å². The number of aryl methyl sites for hydroxylation is 1. The van der Waals surface area contributed by atoms with Gasteiger partial charge in [0.1, 0.15) is 5.00 Å². The Morgan fingerprint density at radius 1 is 1.45 bits per heavy atom. The number of carbonyl (C=O) groups excluding carboxylic acids is 3. The number of anilines is 1. The molecule has 0 radical (unpaired) electrons. The molecule has 1 saturated heterocycles. The van der Waals surface area contributed by atoms with Crippen molar-refractivity contribution in [2.45, 2.75) is 25.8 Å². The number of esters is 1. The van der Waals surface area contributed by atoms with Crippen molar-refractivity contribution in [3.8, 4) is 0 Å². The van der Waals surface area contributed by atoms with Crippen LogP contribution in [0.1, 0.15) is 28.6 Å². The summed E-state index contributed by atoms with van der Waals surface area (Å²) in [6.07, 6.45) is 0.781. The van der Waals surface area contributed by atoms with Crippen LogP contribution in [0.3, 0.4) is 0 Å². The molecule has 0 bridgehead atoms. The molecule has 1 atom stereocenters. The van der Waals surface area contributed by atoms with E-state index in [9.17, 15) is 14.4 Å². The van der Waals surface area contributed by atoms with Crippen molar-refractivity contribution in [3.63, 3.8) is 0 Å². The Morgan fingerprint density at radius 2 is 2.23 bits per heavy atom. The van der Waals surface area contributed by atoms with Gasteiger partial charge in [-0.05, 0) is 12.5 Å². The first-order valence-corrected chi connectivity index (χ1v) is 7.88. The fourth-order valence-electron chi connectivity index (χ4n) is 2.15. The van der Waals surface area contributed by atoms with Gasteiger partial charge in [0.05, 0.1) is 25.1 Å². The molecule has 8 heteroatoms. The molecule has 22 heavy (non-hydrogen) atoms. The van der Waals surface area contributed by atoms with E-state index in [-0.39, 0.29) is 18.2 Å². The smallest absolute Gasteiger partial charge is 0.340 e. The van der Waals surface area contributed by atoms with Crippen molar-refractivity contribution in [1.82, 2.24) is 10.6 Å². The number of carbonyl (C=O) groups is 3. The number of amides is 2. The van der Waals surface area contributed by atoms with E-state index < -0.39 is 12.0 Å². The van der Waals surface area contributed by atoms with E-state index in [0.29, 0.717) is 23.7 Å². The average molecular weight is 325 g/mol. The van der Waals surface area contributed by atoms with Crippen LogP contribution in [0.4, 0.5) is 5.00 Å². The van der Waals surface area contributed by atoms with Gasteiger partial charge in [0.2, 0.25) is 11.8 Å². The summed E-state index contributed by atoms with van der Waals surface area (Å²) in [5.41, 5.74) is 0.346. The maximum Gasteiger partial charge on any atom is 0.340 e. The molecule has 120 valence electrons. The van der Waals surface area contributed by atoms with Crippen LogP contribution >= 0.6 is 11.3 Å². The number of ether oxygens (including phenoxy) is 1. The molecule has 1 fully saturated rings. The van der Waals surface area contributed by atoms with Crippen LogP contribution in [0.2, 0.25) is 0 Å². The molecule has 1 aliphatic heterocycles. The summed E-state index contributed by atoms with van der Waals surface area (Å²) in [6, 6.07) is 1.18. The van der Waals surface area contributed by atoms with Gasteiger partial charge in [-0.2, -0.15) is 0 Å². The number of hydrogen-bond donors (Lipinski definition) is 3. The van der Waals surface area contributed by atoms with E-state index in [1.807, 2.05) is 6.92 Å². The first-order valence-electron chi connectivity index (χ1n) is 7.07. The van der Waals surface area contributed by atoms with Gasteiger partial charge in [-0.1, -0.05) is 6.92 Å². The minimum absolute atomic E-state index is 0.0196. The third-order valence-electron chi connectivity index (χ3n) is 3.31. The fourth-order valence-corrected chi connectivity index (χ4v) is 3.15. The fraction of sp³-hybridized carbons (Fsp3) is 0.500. The molecule has 0 spiro atoms. The number of nitrogens with one attached hydrogen (secondary N) is 3. The Bertz CT molecular complexity index is 585. The first kappa shape index (κ1) is 16.4. The van der Waals surface area contributed by atoms with Crippen LogP contribution in [-0.4, -0.2) is 44.0 Å². The number of piperazine rings is 1. The molecule has 7 nitrogen and oxygen atoms in total. The van der Waals surface area contributed by atoms with Crippen LogP contribution in [0, 0.1) is 0 Å². The molecule has 0 aliphatic carbocycles. The Morgan fingerprint density at radius 3 is 2.86 bits per heavy atom. The van der Waals surface area contributed by atoms with Crippen molar-refractivity contribution >= 4 is 34.1 Å². The monoisotopic (exact) mass is 325 g/mol. The highest BCUT2D eigenvalue weighted by Gasteiger charge is 2.25. The van der Waals surface area contributed by atoms with Crippen molar-refractivity contribution < 1.29 is 19.1 Å². The molecule has 1 aromatic rings. The van der Waals surface area contributed by atoms with Gasteiger partial charge in [0, 0.05) is 18.0 Å². The molecular formula is C14H19N3O4S. The maximum absolute atomic E-state index is 12.1. The van der Waals surface area contributed by atoms with Crippen molar-refractivity contribution in [2.75, 3.05) is 25.5 Å². The molecular weight excluding hydrogens is 306 g/mol. The van der Waals surface area contributed by atoms with E-state index >= 15 is 0 Å². The molecule has 0 aromatic carbocycles. The lowest BCUT2D eigenvalue weighted by Gasteiger charge is -2.22. The Hall–Kier alpha value is -1.93. The van der Waals surface area contributed by atoms with Crippen LogP contribution in [-0.2, 0) is 20.7 Å². The highest BCUT2D eigenvalue weighted by Crippen LogP contribution is 2.29. The van der Waals surface area contributed by atoms with Gasteiger partial charge < -0.3 is 20.7 Å². The first-order chi connectivity index (χ1) is 10.5. The van der Waals surface area contributed by atoms with E-state index in [2.05, 4.69) is 16.0 Å². The minimum atomic E-state index is -0.541. The molecule has 2 heterocycles. The number of hydrogen-bond acceptors (Lipinski definition) is 6. The van der Waals surface area contributed by atoms with Crippen LogP contribution in [0.5, 0.6) is 0 Å². The Labute approximate surface area is 132 Å². The maximum atomic E-state index is 12.1.